The monoisotopic (exact) mass is 227 g/mol. The van der Waals surface area contributed by atoms with Crippen molar-refractivity contribution in [2.75, 3.05) is 0 Å². The summed E-state index contributed by atoms with van der Waals surface area (Å²) in [6.45, 7) is 0. The van der Waals surface area contributed by atoms with Crippen molar-refractivity contribution < 1.29 is 0 Å². The Hall–Kier alpha value is -0.510. The number of nitrogens with one attached hydrogen (secondary N) is 1. The minimum absolute atomic E-state index is 0. The van der Waals surface area contributed by atoms with E-state index in [1.54, 1.807) is 12.1 Å². The molecule has 0 amide bonds. The van der Waals surface area contributed by atoms with Crippen molar-refractivity contribution in [2.24, 2.45) is 5.73 Å². The van der Waals surface area contributed by atoms with Crippen LogP contribution in [0, 0.1) is 5.41 Å². The molecule has 1 heterocycles. The Labute approximate surface area is 87.7 Å². The number of nitrogen functional groups attached to an aromatic ring is 1. The van der Waals surface area contributed by atoms with Crippen LogP contribution in [-0.4, -0.2) is 10.8 Å². The van der Waals surface area contributed by atoms with Gasteiger partial charge in [-0.1, -0.05) is 11.6 Å². The summed E-state index contributed by atoms with van der Waals surface area (Å²) in [5.41, 5.74) is 5.75. The number of halogens is 3. The predicted molar refractivity (Wildman–Crippen MR) is 54.8 cm³/mol. The Bertz CT molecular complexity index is 247. The van der Waals surface area contributed by atoms with E-state index in [0.717, 1.165) is 0 Å². The Morgan fingerprint density at radius 3 is 2.33 bits per heavy atom. The lowest BCUT2D eigenvalue weighted by Crippen LogP contribution is -2.10. The summed E-state index contributed by atoms with van der Waals surface area (Å²) in [5.74, 6) is 0.00386. The topological polar surface area (TPSA) is 62.8 Å². The summed E-state index contributed by atoms with van der Waals surface area (Å²) in [4.78, 5) is 3.74. The van der Waals surface area contributed by atoms with E-state index in [0.29, 0.717) is 10.7 Å². The van der Waals surface area contributed by atoms with Crippen LogP contribution in [-0.2, 0) is 0 Å². The quantitative estimate of drug-likeness (QED) is 0.438. The first-order valence-corrected chi connectivity index (χ1v) is 3.04. The molecule has 68 valence electrons. The van der Waals surface area contributed by atoms with Crippen molar-refractivity contribution in [2.45, 2.75) is 0 Å². The summed E-state index contributed by atoms with van der Waals surface area (Å²) in [5, 5.41) is 7.41. The second-order valence-corrected chi connectivity index (χ2v) is 2.17. The van der Waals surface area contributed by atoms with Crippen LogP contribution in [0.1, 0.15) is 5.56 Å². The van der Waals surface area contributed by atoms with Gasteiger partial charge in [0.2, 0.25) is 0 Å². The van der Waals surface area contributed by atoms with Gasteiger partial charge in [-0.2, -0.15) is 0 Å². The number of amidine groups is 1. The SMILES string of the molecule is Cl.Cl.N=C(N)c1ccc(Cl)nc1. The van der Waals surface area contributed by atoms with Crippen LogP contribution < -0.4 is 5.73 Å². The van der Waals surface area contributed by atoms with Crippen molar-refractivity contribution in [3.8, 4) is 0 Å². The third-order valence-electron chi connectivity index (χ3n) is 1.04. The molecule has 0 spiro atoms. The summed E-state index contributed by atoms with van der Waals surface area (Å²) < 4.78 is 0. The van der Waals surface area contributed by atoms with Crippen LogP contribution in [0.5, 0.6) is 0 Å². The van der Waals surface area contributed by atoms with E-state index < -0.39 is 0 Å². The first-order valence-electron chi connectivity index (χ1n) is 2.66. The Morgan fingerprint density at radius 2 is 2.00 bits per heavy atom. The molecule has 0 atom stereocenters. The van der Waals surface area contributed by atoms with Crippen LogP contribution in [0.15, 0.2) is 18.3 Å². The van der Waals surface area contributed by atoms with Gasteiger partial charge in [0.25, 0.3) is 0 Å². The highest BCUT2D eigenvalue weighted by atomic mass is 35.5. The third-order valence-corrected chi connectivity index (χ3v) is 1.26. The van der Waals surface area contributed by atoms with Gasteiger partial charge in [0, 0.05) is 11.8 Å². The molecule has 6 heteroatoms. The molecule has 0 radical (unpaired) electrons. The molecule has 1 rings (SSSR count). The normalized spacial score (nSPS) is 7.75. The highest BCUT2D eigenvalue weighted by Gasteiger charge is 1.94. The molecule has 1 aromatic rings. The molecule has 0 bridgehead atoms. The molecule has 0 saturated heterocycles. The zero-order valence-corrected chi connectivity index (χ0v) is 8.34. The van der Waals surface area contributed by atoms with Crippen LogP contribution in [0.4, 0.5) is 0 Å². The summed E-state index contributed by atoms with van der Waals surface area (Å²) in [6.07, 6.45) is 1.46. The number of nitrogens with zero attached hydrogens (tertiary/aromatic N) is 1. The van der Waals surface area contributed by atoms with E-state index in [-0.39, 0.29) is 30.6 Å². The molecule has 0 aliphatic rings. The van der Waals surface area contributed by atoms with Gasteiger partial charge >= 0.3 is 0 Å². The largest absolute Gasteiger partial charge is 0.384 e. The molecule has 0 unspecified atom stereocenters. The third kappa shape index (κ3) is 3.76. The van der Waals surface area contributed by atoms with E-state index in [4.69, 9.17) is 22.7 Å². The van der Waals surface area contributed by atoms with Crippen molar-refractivity contribution in [3.63, 3.8) is 0 Å². The number of hydrogen-bond donors (Lipinski definition) is 2. The molecule has 12 heavy (non-hydrogen) atoms. The van der Waals surface area contributed by atoms with Gasteiger partial charge in [-0.15, -0.1) is 24.8 Å². The van der Waals surface area contributed by atoms with Crippen molar-refractivity contribution in [1.82, 2.24) is 4.98 Å². The van der Waals surface area contributed by atoms with Gasteiger partial charge in [-0.25, -0.2) is 4.98 Å². The summed E-state index contributed by atoms with van der Waals surface area (Å²) in [7, 11) is 0. The molecule has 0 fully saturated rings. The zero-order chi connectivity index (χ0) is 7.56. The Kier molecular flexibility index (Phi) is 7.09. The van der Waals surface area contributed by atoms with Gasteiger partial charge < -0.3 is 5.73 Å². The summed E-state index contributed by atoms with van der Waals surface area (Å²) >= 11 is 5.49. The molecule has 3 nitrogen and oxygen atoms in total. The van der Waals surface area contributed by atoms with Crippen molar-refractivity contribution in [3.05, 3.63) is 29.0 Å². The zero-order valence-electron chi connectivity index (χ0n) is 5.95. The molecule has 0 aliphatic heterocycles. The standard InChI is InChI=1S/C6H6ClN3.2ClH/c7-5-2-1-4(3-10-5)6(8)9;;/h1-3H,(H3,8,9);2*1H. The minimum Gasteiger partial charge on any atom is -0.384 e. The maximum atomic E-state index is 7.00. The lowest BCUT2D eigenvalue weighted by molar-refractivity contribution is 1.30. The van der Waals surface area contributed by atoms with Crippen molar-refractivity contribution >= 4 is 42.3 Å². The lowest BCUT2D eigenvalue weighted by atomic mass is 10.3. The smallest absolute Gasteiger partial charge is 0.129 e. The fourth-order valence-corrected chi connectivity index (χ4v) is 0.647. The average molecular weight is 229 g/mol. The summed E-state index contributed by atoms with van der Waals surface area (Å²) in [6, 6.07) is 3.25. The van der Waals surface area contributed by atoms with E-state index in [1.165, 1.54) is 6.20 Å². The second kappa shape index (κ2) is 6.06. The van der Waals surface area contributed by atoms with Crippen LogP contribution >= 0.6 is 36.4 Å². The molecule has 3 N–H and O–H groups in total. The van der Waals surface area contributed by atoms with E-state index in [2.05, 4.69) is 4.98 Å². The van der Waals surface area contributed by atoms with Gasteiger partial charge in [-0.3, -0.25) is 5.41 Å². The maximum absolute atomic E-state index is 7.00. The van der Waals surface area contributed by atoms with Gasteiger partial charge in [-0.05, 0) is 12.1 Å². The molecule has 0 aromatic carbocycles. The molecular weight excluding hydrogens is 220 g/mol. The number of nitrogens with two attached hydrogens (primary N) is 1. The van der Waals surface area contributed by atoms with Gasteiger partial charge in [0.15, 0.2) is 0 Å². The average Bonchev–Trinajstić information content (AvgIpc) is 1.88. The molecule has 0 aliphatic carbocycles. The lowest BCUT2D eigenvalue weighted by Gasteiger charge is -1.94. The minimum atomic E-state index is 0. The van der Waals surface area contributed by atoms with Crippen LogP contribution in [0.25, 0.3) is 0 Å². The van der Waals surface area contributed by atoms with Crippen molar-refractivity contribution in [1.29, 1.82) is 5.41 Å². The number of hydrogen-bond acceptors (Lipinski definition) is 2. The maximum Gasteiger partial charge on any atom is 0.129 e. The number of aromatic nitrogens is 1. The van der Waals surface area contributed by atoms with Gasteiger partial charge in [0.05, 0.1) is 0 Å². The fraction of sp³-hybridized carbons (Fsp3) is 0. The molecule has 1 aromatic heterocycles. The number of rotatable bonds is 1. The van der Waals surface area contributed by atoms with E-state index in [9.17, 15) is 0 Å². The van der Waals surface area contributed by atoms with Crippen LogP contribution in [0.2, 0.25) is 5.15 Å². The highest BCUT2D eigenvalue weighted by Crippen LogP contribution is 2.03. The van der Waals surface area contributed by atoms with E-state index >= 15 is 0 Å². The second-order valence-electron chi connectivity index (χ2n) is 1.78. The predicted octanol–water partition coefficient (Wildman–Crippen LogP) is 1.86. The Morgan fingerprint density at radius 1 is 1.42 bits per heavy atom. The first kappa shape index (κ1) is 14.0. The van der Waals surface area contributed by atoms with E-state index in [1.807, 2.05) is 0 Å². The molecular formula is C6H8Cl3N3. The highest BCUT2D eigenvalue weighted by molar-refractivity contribution is 6.29. The Balaban J connectivity index is 0. The first-order chi connectivity index (χ1) is 4.70. The van der Waals surface area contributed by atoms with Crippen LogP contribution in [0.3, 0.4) is 0 Å². The van der Waals surface area contributed by atoms with Gasteiger partial charge in [0.1, 0.15) is 11.0 Å². The molecule has 0 saturated carbocycles. The number of pyridine rings is 1. The fourth-order valence-electron chi connectivity index (χ4n) is 0.535.